The molecule has 0 saturated heterocycles. The quantitative estimate of drug-likeness (QED) is 0.783. The van der Waals surface area contributed by atoms with Gasteiger partial charge in [-0.3, -0.25) is 9.59 Å². The average Bonchev–Trinajstić information content (AvgIpc) is 2.54. The first-order chi connectivity index (χ1) is 11.8. The number of anilines is 1. The van der Waals surface area contributed by atoms with Gasteiger partial charge in [-0.05, 0) is 31.4 Å². The number of nitrogens with one attached hydrogen (secondary N) is 1. The highest BCUT2D eigenvalue weighted by molar-refractivity contribution is 6.00. The Kier molecular flexibility index (Phi) is 6.01. The Labute approximate surface area is 147 Å². The average molecular weight is 348 g/mol. The highest BCUT2D eigenvalue weighted by Gasteiger charge is 2.31. The number of amides is 2. The normalized spacial score (nSPS) is 17.7. The molecule has 7 nitrogen and oxygen atoms in total. The highest BCUT2D eigenvalue weighted by Crippen LogP contribution is 2.33. The van der Waals surface area contributed by atoms with Gasteiger partial charge in [0.2, 0.25) is 5.91 Å². The summed E-state index contributed by atoms with van der Waals surface area (Å²) in [5.74, 6) is -0.919. The van der Waals surface area contributed by atoms with E-state index in [1.165, 1.54) is 4.90 Å². The summed E-state index contributed by atoms with van der Waals surface area (Å²) < 4.78 is 5.55. The monoisotopic (exact) mass is 348 g/mol. The molecule has 0 spiro atoms. The number of nitrogens with zero attached hydrogens (tertiary/aromatic N) is 1. The van der Waals surface area contributed by atoms with Crippen molar-refractivity contribution in [2.24, 2.45) is 5.92 Å². The second-order valence-electron chi connectivity index (χ2n) is 6.56. The summed E-state index contributed by atoms with van der Waals surface area (Å²) in [6.45, 7) is 5.62. The van der Waals surface area contributed by atoms with Gasteiger partial charge < -0.3 is 20.1 Å². The van der Waals surface area contributed by atoms with Crippen LogP contribution >= 0.6 is 0 Å². The van der Waals surface area contributed by atoms with Crippen molar-refractivity contribution in [3.05, 3.63) is 24.3 Å². The van der Waals surface area contributed by atoms with Gasteiger partial charge in [0.15, 0.2) is 6.10 Å². The Bertz CT molecular complexity index is 659. The Balaban J connectivity index is 2.01. The van der Waals surface area contributed by atoms with E-state index < -0.39 is 24.0 Å². The van der Waals surface area contributed by atoms with E-state index in [2.05, 4.69) is 5.32 Å². The molecule has 1 unspecified atom stereocenters. The molecule has 136 valence electrons. The molecule has 2 rings (SSSR count). The predicted octanol–water partition coefficient (Wildman–Crippen LogP) is 1.81. The molecule has 0 saturated carbocycles. The van der Waals surface area contributed by atoms with Crippen LogP contribution in [0.5, 0.6) is 5.75 Å². The number of hydrogen-bond donors (Lipinski definition) is 2. The zero-order chi connectivity index (χ0) is 18.6. The van der Waals surface area contributed by atoms with Gasteiger partial charge in [0.25, 0.3) is 5.91 Å². The number of carboxylic acids is 1. The van der Waals surface area contributed by atoms with Crippen LogP contribution < -0.4 is 15.0 Å². The van der Waals surface area contributed by atoms with Crippen LogP contribution in [-0.4, -0.2) is 41.6 Å². The van der Waals surface area contributed by atoms with E-state index in [1.54, 1.807) is 25.1 Å². The number of rotatable bonds is 7. The van der Waals surface area contributed by atoms with E-state index in [1.807, 2.05) is 19.9 Å². The smallest absolute Gasteiger partial charge is 0.326 e. The molecule has 1 heterocycles. The first-order valence-corrected chi connectivity index (χ1v) is 8.38. The summed E-state index contributed by atoms with van der Waals surface area (Å²) in [6, 6.07) is 6.22. The minimum atomic E-state index is -1.05. The van der Waals surface area contributed by atoms with Crippen LogP contribution in [0.3, 0.4) is 0 Å². The second-order valence-corrected chi connectivity index (χ2v) is 6.56. The minimum Gasteiger partial charge on any atom is -0.480 e. The topological polar surface area (TPSA) is 95.9 Å². The first kappa shape index (κ1) is 18.8. The molecule has 1 aliphatic rings. The summed E-state index contributed by atoms with van der Waals surface area (Å²) in [6.07, 6.45) is -0.239. The third-order valence-electron chi connectivity index (χ3n) is 3.98. The molecule has 7 heteroatoms. The lowest BCUT2D eigenvalue weighted by Crippen LogP contribution is -2.47. The van der Waals surface area contributed by atoms with E-state index in [0.29, 0.717) is 17.9 Å². The van der Waals surface area contributed by atoms with Crippen LogP contribution in [0.25, 0.3) is 0 Å². The third-order valence-corrected chi connectivity index (χ3v) is 3.98. The van der Waals surface area contributed by atoms with Crippen molar-refractivity contribution < 1.29 is 24.2 Å². The fourth-order valence-corrected chi connectivity index (χ4v) is 2.76. The Hall–Kier alpha value is -2.57. The summed E-state index contributed by atoms with van der Waals surface area (Å²) in [4.78, 5) is 37.2. The third kappa shape index (κ3) is 4.71. The number of ether oxygens (including phenoxy) is 1. The maximum Gasteiger partial charge on any atom is 0.326 e. The molecular formula is C18H24N2O5. The van der Waals surface area contributed by atoms with Crippen LogP contribution in [0.2, 0.25) is 0 Å². The van der Waals surface area contributed by atoms with Gasteiger partial charge in [-0.1, -0.05) is 26.0 Å². The highest BCUT2D eigenvalue weighted by atomic mass is 16.5. The number of carbonyl (C=O) groups excluding carboxylic acids is 2. The summed E-state index contributed by atoms with van der Waals surface area (Å²) in [5.41, 5.74) is 0.621. The van der Waals surface area contributed by atoms with Crippen molar-refractivity contribution >= 4 is 23.5 Å². The molecule has 2 atom stereocenters. The number of benzene rings is 1. The zero-order valence-electron chi connectivity index (χ0n) is 14.7. The number of carbonyl (C=O) groups is 3. The Morgan fingerprint density at radius 3 is 2.64 bits per heavy atom. The zero-order valence-corrected chi connectivity index (χ0v) is 14.7. The van der Waals surface area contributed by atoms with Gasteiger partial charge in [-0.2, -0.15) is 0 Å². The van der Waals surface area contributed by atoms with Crippen LogP contribution in [0.4, 0.5) is 5.69 Å². The van der Waals surface area contributed by atoms with E-state index >= 15 is 0 Å². The molecule has 25 heavy (non-hydrogen) atoms. The maximum atomic E-state index is 12.4. The van der Waals surface area contributed by atoms with Crippen molar-refractivity contribution in [3.8, 4) is 5.75 Å². The van der Waals surface area contributed by atoms with E-state index in [-0.39, 0.29) is 24.8 Å². The standard InChI is InChI=1S/C18H24N2O5/c1-11(2)10-13(18(23)24)19-16(21)8-9-20-14-6-4-5-7-15(14)25-12(3)17(20)22/h4-7,11-13H,8-10H2,1-3H3,(H,19,21)(H,23,24)/t12?,13-/m1/s1. The lowest BCUT2D eigenvalue weighted by atomic mass is 10.0. The number of aliphatic carboxylic acids is 1. The van der Waals surface area contributed by atoms with Gasteiger partial charge >= 0.3 is 5.97 Å². The summed E-state index contributed by atoms with van der Waals surface area (Å²) in [5, 5.41) is 11.7. The van der Waals surface area contributed by atoms with Crippen molar-refractivity contribution in [2.75, 3.05) is 11.4 Å². The Morgan fingerprint density at radius 2 is 2.00 bits per heavy atom. The van der Waals surface area contributed by atoms with Crippen LogP contribution in [0.15, 0.2) is 24.3 Å². The molecule has 0 aliphatic carbocycles. The van der Waals surface area contributed by atoms with Crippen LogP contribution in [0, 0.1) is 5.92 Å². The summed E-state index contributed by atoms with van der Waals surface area (Å²) >= 11 is 0. The van der Waals surface area contributed by atoms with Crippen molar-refractivity contribution in [3.63, 3.8) is 0 Å². The van der Waals surface area contributed by atoms with E-state index in [4.69, 9.17) is 4.74 Å². The molecule has 0 fully saturated rings. The predicted molar refractivity (Wildman–Crippen MR) is 92.5 cm³/mol. The molecule has 1 aromatic carbocycles. The molecule has 2 amide bonds. The fraction of sp³-hybridized carbons (Fsp3) is 0.500. The van der Waals surface area contributed by atoms with Crippen LogP contribution in [-0.2, 0) is 14.4 Å². The number of para-hydroxylation sites is 2. The summed E-state index contributed by atoms with van der Waals surface area (Å²) in [7, 11) is 0. The molecule has 1 aromatic rings. The van der Waals surface area contributed by atoms with Gasteiger partial charge in [0.05, 0.1) is 5.69 Å². The van der Waals surface area contributed by atoms with Crippen molar-refractivity contribution in [2.45, 2.75) is 45.8 Å². The first-order valence-electron chi connectivity index (χ1n) is 8.38. The molecule has 0 aromatic heterocycles. The lowest BCUT2D eigenvalue weighted by molar-refractivity contribution is -0.142. The molecule has 2 N–H and O–H groups in total. The van der Waals surface area contributed by atoms with Gasteiger partial charge in [-0.25, -0.2) is 4.79 Å². The Morgan fingerprint density at radius 1 is 1.32 bits per heavy atom. The lowest BCUT2D eigenvalue weighted by Gasteiger charge is -2.32. The molecule has 0 radical (unpaired) electrons. The number of hydrogen-bond acceptors (Lipinski definition) is 4. The van der Waals surface area contributed by atoms with Crippen molar-refractivity contribution in [1.29, 1.82) is 0 Å². The van der Waals surface area contributed by atoms with Gasteiger partial charge in [0.1, 0.15) is 11.8 Å². The number of fused-ring (bicyclic) bond motifs is 1. The minimum absolute atomic E-state index is 0.0225. The number of carboxylic acid groups (broad SMARTS) is 1. The van der Waals surface area contributed by atoms with Crippen molar-refractivity contribution in [1.82, 2.24) is 5.32 Å². The van der Waals surface area contributed by atoms with E-state index in [9.17, 15) is 19.5 Å². The van der Waals surface area contributed by atoms with Crippen LogP contribution in [0.1, 0.15) is 33.6 Å². The second kappa shape index (κ2) is 8.00. The molecule has 0 bridgehead atoms. The van der Waals surface area contributed by atoms with Gasteiger partial charge in [-0.15, -0.1) is 0 Å². The molecular weight excluding hydrogens is 324 g/mol. The SMILES string of the molecule is CC(C)C[C@@H](NC(=O)CCN1C(=O)C(C)Oc2ccccc21)C(=O)O. The van der Waals surface area contributed by atoms with Gasteiger partial charge in [0, 0.05) is 13.0 Å². The molecule has 1 aliphatic heterocycles. The fourth-order valence-electron chi connectivity index (χ4n) is 2.76. The largest absolute Gasteiger partial charge is 0.480 e. The van der Waals surface area contributed by atoms with E-state index in [0.717, 1.165) is 0 Å². The maximum absolute atomic E-state index is 12.4.